The molecule has 1 aromatic carbocycles. The van der Waals surface area contributed by atoms with Gasteiger partial charge in [-0.05, 0) is 38.0 Å². The van der Waals surface area contributed by atoms with Gasteiger partial charge in [0.15, 0.2) is 0 Å². The van der Waals surface area contributed by atoms with Gasteiger partial charge in [0.1, 0.15) is 10.6 Å². The van der Waals surface area contributed by atoms with Crippen LogP contribution in [0.4, 0.5) is 5.69 Å². The minimum atomic E-state index is -4.06. The van der Waals surface area contributed by atoms with Crippen molar-refractivity contribution in [2.75, 3.05) is 36.9 Å². The molecule has 0 aliphatic carbocycles. The summed E-state index contributed by atoms with van der Waals surface area (Å²) in [5, 5.41) is 0. The standard InChI is InChI=1S/C19H26N2O8S2/c1-4-29-19(23)14-7-9-20(10-8-14)31(26,27)17-11-15(5-6-16(17)28-3)21-18(22)13(2)12-30(21,24)25/h5-6,11,13-14H,4,7-10,12H2,1-3H3/t13-/m1/s1. The van der Waals surface area contributed by atoms with Crippen molar-refractivity contribution in [2.24, 2.45) is 11.8 Å². The number of carbonyl (C=O) groups is 2. The maximum absolute atomic E-state index is 13.3. The minimum absolute atomic E-state index is 0.0355. The number of piperidine rings is 1. The molecule has 2 heterocycles. The van der Waals surface area contributed by atoms with Crippen LogP contribution in [-0.4, -0.2) is 65.6 Å². The fraction of sp³-hybridized carbons (Fsp3) is 0.579. The van der Waals surface area contributed by atoms with E-state index in [9.17, 15) is 26.4 Å². The molecule has 12 heteroatoms. The third kappa shape index (κ3) is 4.41. The predicted molar refractivity (Wildman–Crippen MR) is 112 cm³/mol. The van der Waals surface area contributed by atoms with E-state index in [0.717, 1.165) is 6.07 Å². The maximum Gasteiger partial charge on any atom is 0.309 e. The monoisotopic (exact) mass is 474 g/mol. The second-order valence-electron chi connectivity index (χ2n) is 7.55. The molecule has 1 amide bonds. The Labute approximate surface area is 182 Å². The van der Waals surface area contributed by atoms with Gasteiger partial charge in [0.25, 0.3) is 0 Å². The van der Waals surface area contributed by atoms with Crippen molar-refractivity contribution in [3.63, 3.8) is 0 Å². The number of ether oxygens (including phenoxy) is 2. The van der Waals surface area contributed by atoms with Crippen LogP contribution in [0, 0.1) is 11.8 Å². The molecule has 3 rings (SSSR count). The smallest absolute Gasteiger partial charge is 0.309 e. The molecule has 0 bridgehead atoms. The lowest BCUT2D eigenvalue weighted by Gasteiger charge is -2.30. The zero-order chi connectivity index (χ0) is 23.0. The third-order valence-corrected chi connectivity index (χ3v) is 9.22. The number of benzene rings is 1. The average Bonchev–Trinajstić information content (AvgIpc) is 2.94. The molecule has 0 N–H and O–H groups in total. The van der Waals surface area contributed by atoms with Crippen LogP contribution in [0.1, 0.15) is 26.7 Å². The zero-order valence-electron chi connectivity index (χ0n) is 17.6. The van der Waals surface area contributed by atoms with E-state index in [2.05, 4.69) is 0 Å². The Kier molecular flexibility index (Phi) is 6.63. The summed E-state index contributed by atoms with van der Waals surface area (Å²) in [6.07, 6.45) is 0.632. The minimum Gasteiger partial charge on any atom is -0.495 e. The Morgan fingerprint density at radius 1 is 1.23 bits per heavy atom. The van der Waals surface area contributed by atoms with Crippen molar-refractivity contribution >= 4 is 37.6 Å². The van der Waals surface area contributed by atoms with Gasteiger partial charge < -0.3 is 9.47 Å². The second kappa shape index (κ2) is 8.75. The number of hydrogen-bond donors (Lipinski definition) is 0. The molecule has 10 nitrogen and oxygen atoms in total. The van der Waals surface area contributed by atoms with E-state index in [-0.39, 0.29) is 53.7 Å². The molecule has 172 valence electrons. The Hall–Kier alpha value is -2.18. The largest absolute Gasteiger partial charge is 0.495 e. The van der Waals surface area contributed by atoms with E-state index in [1.165, 1.54) is 30.5 Å². The maximum atomic E-state index is 13.3. The Bertz CT molecular complexity index is 1080. The van der Waals surface area contributed by atoms with Gasteiger partial charge in [-0.2, -0.15) is 4.31 Å². The van der Waals surface area contributed by atoms with Gasteiger partial charge in [0.2, 0.25) is 26.0 Å². The van der Waals surface area contributed by atoms with Crippen LogP contribution in [0.2, 0.25) is 0 Å². The van der Waals surface area contributed by atoms with Crippen LogP contribution in [0.3, 0.4) is 0 Å². The van der Waals surface area contributed by atoms with Gasteiger partial charge in [-0.15, -0.1) is 0 Å². The molecule has 0 unspecified atom stereocenters. The number of carbonyl (C=O) groups excluding carboxylic acids is 2. The van der Waals surface area contributed by atoms with Crippen LogP contribution < -0.4 is 9.04 Å². The topological polar surface area (TPSA) is 127 Å². The fourth-order valence-corrected chi connectivity index (χ4v) is 7.27. The third-order valence-electron chi connectivity index (χ3n) is 5.43. The summed E-state index contributed by atoms with van der Waals surface area (Å²) in [6.45, 7) is 3.70. The first-order chi connectivity index (χ1) is 14.5. The van der Waals surface area contributed by atoms with Crippen LogP contribution in [0.5, 0.6) is 5.75 Å². The van der Waals surface area contributed by atoms with Gasteiger partial charge in [-0.3, -0.25) is 9.59 Å². The molecule has 0 radical (unpaired) electrons. The fourth-order valence-electron chi connectivity index (χ4n) is 3.81. The van der Waals surface area contributed by atoms with Gasteiger partial charge in [0.05, 0.1) is 37.0 Å². The molecule has 1 atom stereocenters. The number of sulfonamides is 2. The average molecular weight is 475 g/mol. The van der Waals surface area contributed by atoms with Crippen LogP contribution >= 0.6 is 0 Å². The summed E-state index contributed by atoms with van der Waals surface area (Å²) in [7, 11) is -6.64. The van der Waals surface area contributed by atoms with Crippen molar-refractivity contribution < 1.29 is 35.9 Å². The van der Waals surface area contributed by atoms with Gasteiger partial charge in [-0.1, -0.05) is 6.92 Å². The number of nitrogens with zero attached hydrogens (tertiary/aromatic N) is 2. The van der Waals surface area contributed by atoms with Gasteiger partial charge in [-0.25, -0.2) is 21.1 Å². The Morgan fingerprint density at radius 3 is 2.39 bits per heavy atom. The first kappa shape index (κ1) is 23.5. The molecule has 0 spiro atoms. The quantitative estimate of drug-likeness (QED) is 0.558. The molecular weight excluding hydrogens is 448 g/mol. The zero-order valence-corrected chi connectivity index (χ0v) is 19.2. The molecule has 31 heavy (non-hydrogen) atoms. The van der Waals surface area contributed by atoms with Gasteiger partial charge >= 0.3 is 5.97 Å². The van der Waals surface area contributed by atoms with E-state index in [1.54, 1.807) is 6.92 Å². The molecule has 0 aromatic heterocycles. The molecule has 2 fully saturated rings. The lowest BCUT2D eigenvalue weighted by Crippen LogP contribution is -2.40. The summed E-state index contributed by atoms with van der Waals surface area (Å²) >= 11 is 0. The Balaban J connectivity index is 1.92. The highest BCUT2D eigenvalue weighted by atomic mass is 32.2. The molecule has 0 saturated carbocycles. The molecule has 2 aliphatic heterocycles. The number of esters is 1. The van der Waals surface area contributed by atoms with E-state index in [1.807, 2.05) is 0 Å². The van der Waals surface area contributed by atoms with Crippen molar-refractivity contribution in [3.05, 3.63) is 18.2 Å². The van der Waals surface area contributed by atoms with Crippen LogP contribution in [0.15, 0.2) is 23.1 Å². The first-order valence-corrected chi connectivity index (χ1v) is 13.0. The molecule has 2 aliphatic rings. The summed E-state index contributed by atoms with van der Waals surface area (Å²) < 4.78 is 63.6. The van der Waals surface area contributed by atoms with Crippen LogP contribution in [0.25, 0.3) is 0 Å². The summed E-state index contributed by atoms with van der Waals surface area (Å²) in [5.74, 6) is -2.33. The van der Waals surface area contributed by atoms with E-state index in [0.29, 0.717) is 17.1 Å². The van der Waals surface area contributed by atoms with Gasteiger partial charge in [0, 0.05) is 13.1 Å². The number of methoxy groups -OCH3 is 1. The summed E-state index contributed by atoms with van der Waals surface area (Å²) in [4.78, 5) is 24.1. The predicted octanol–water partition coefficient (Wildman–Crippen LogP) is 0.972. The van der Waals surface area contributed by atoms with E-state index >= 15 is 0 Å². The van der Waals surface area contributed by atoms with Crippen LogP contribution in [-0.2, 0) is 34.4 Å². The highest BCUT2D eigenvalue weighted by Gasteiger charge is 2.43. The number of rotatable bonds is 6. The lowest BCUT2D eigenvalue weighted by atomic mass is 9.98. The normalized spacial score (nSPS) is 22.5. The highest BCUT2D eigenvalue weighted by molar-refractivity contribution is 7.94. The number of amides is 1. The van der Waals surface area contributed by atoms with Crippen molar-refractivity contribution in [3.8, 4) is 5.75 Å². The Morgan fingerprint density at radius 2 is 1.87 bits per heavy atom. The molecule has 1 aromatic rings. The van der Waals surface area contributed by atoms with E-state index in [4.69, 9.17) is 9.47 Å². The summed E-state index contributed by atoms with van der Waals surface area (Å²) in [6, 6.07) is 3.83. The molecule has 2 saturated heterocycles. The van der Waals surface area contributed by atoms with E-state index < -0.39 is 31.9 Å². The second-order valence-corrected chi connectivity index (χ2v) is 11.3. The number of hydrogen-bond acceptors (Lipinski definition) is 8. The van der Waals surface area contributed by atoms with Crippen molar-refractivity contribution in [1.29, 1.82) is 0 Å². The lowest BCUT2D eigenvalue weighted by molar-refractivity contribution is -0.149. The SMILES string of the molecule is CCOC(=O)C1CCN(S(=O)(=O)c2cc(N3C(=O)[C@H](C)CS3(=O)=O)ccc2OC)CC1. The van der Waals surface area contributed by atoms with Crippen molar-refractivity contribution in [2.45, 2.75) is 31.6 Å². The van der Waals surface area contributed by atoms with Crippen molar-refractivity contribution in [1.82, 2.24) is 4.31 Å². The summed E-state index contributed by atoms with van der Waals surface area (Å²) in [5.41, 5.74) is -0.0462. The first-order valence-electron chi connectivity index (χ1n) is 9.94. The highest BCUT2D eigenvalue weighted by Crippen LogP contribution is 2.36. The number of anilines is 1. The molecular formula is C19H26N2O8S2.